The number of phenols is 1. The number of nitrogens with one attached hydrogen (secondary N) is 1. The summed E-state index contributed by atoms with van der Waals surface area (Å²) in [6, 6.07) is 4.56. The fourth-order valence-corrected chi connectivity index (χ4v) is 10.0. The summed E-state index contributed by atoms with van der Waals surface area (Å²) in [6.45, 7) is -0.610. The predicted molar refractivity (Wildman–Crippen MR) is 189 cm³/mol. The Kier molecular flexibility index (Phi) is 9.01. The lowest BCUT2D eigenvalue weighted by molar-refractivity contribution is -0.463. The first-order valence-corrected chi connectivity index (χ1v) is 18.9. The second kappa shape index (κ2) is 13.4. The first-order chi connectivity index (χ1) is 27.7. The molecule has 7 heterocycles. The van der Waals surface area contributed by atoms with Gasteiger partial charge in [-0.3, -0.25) is 4.90 Å². The number of halogens is 11. The van der Waals surface area contributed by atoms with Gasteiger partial charge in [0.05, 0.1) is 28.3 Å². The quantitative estimate of drug-likeness (QED) is 0.151. The van der Waals surface area contributed by atoms with Crippen molar-refractivity contribution in [2.75, 3.05) is 31.1 Å². The summed E-state index contributed by atoms with van der Waals surface area (Å²) in [4.78, 5) is 17.4. The summed E-state index contributed by atoms with van der Waals surface area (Å²) in [6.07, 6.45) is -14.7. The van der Waals surface area contributed by atoms with Crippen LogP contribution in [-0.4, -0.2) is 105 Å². The van der Waals surface area contributed by atoms with E-state index in [2.05, 4.69) is 21.0 Å². The summed E-state index contributed by atoms with van der Waals surface area (Å²) >= 11 is 0. The maximum atomic E-state index is 17.3. The Labute approximate surface area is 327 Å². The van der Waals surface area contributed by atoms with Gasteiger partial charge in [-0.05, 0) is 75.1 Å². The van der Waals surface area contributed by atoms with Gasteiger partial charge in [0.1, 0.15) is 35.2 Å². The van der Waals surface area contributed by atoms with Gasteiger partial charge in [-0.25, -0.2) is 13.8 Å². The fraction of sp³-hybridized carbons (Fsp3) is 0.513. The van der Waals surface area contributed by atoms with E-state index in [1.54, 1.807) is 0 Å². The van der Waals surface area contributed by atoms with Crippen molar-refractivity contribution in [3.05, 3.63) is 47.2 Å². The van der Waals surface area contributed by atoms with Gasteiger partial charge in [0, 0.05) is 42.2 Å². The second-order valence-electron chi connectivity index (χ2n) is 15.9. The van der Waals surface area contributed by atoms with Gasteiger partial charge in [-0.1, -0.05) is 12.0 Å². The molecule has 4 fully saturated rings. The molecular formula is C39H33F11N6O3. The highest BCUT2D eigenvalue weighted by molar-refractivity contribution is 6.03. The van der Waals surface area contributed by atoms with Crippen molar-refractivity contribution in [1.29, 1.82) is 0 Å². The van der Waals surface area contributed by atoms with Crippen LogP contribution in [0.1, 0.15) is 49.8 Å². The first kappa shape index (κ1) is 39.7. The van der Waals surface area contributed by atoms with E-state index in [0.717, 1.165) is 18.9 Å². The number of alkyl halides is 9. The molecule has 2 aromatic carbocycles. The number of phenolic OH excluding ortho intramolecular Hbond substituents is 1. The molecule has 0 amide bonds. The zero-order valence-electron chi connectivity index (χ0n) is 30.6. The largest absolute Gasteiger partial charge is 0.508 e. The molecule has 4 saturated heterocycles. The molecule has 314 valence electrons. The Morgan fingerprint density at radius 1 is 0.932 bits per heavy atom. The van der Waals surface area contributed by atoms with Crippen LogP contribution in [0.15, 0.2) is 24.3 Å². The number of terminal acetylenes is 1. The molecule has 9 nitrogen and oxygen atoms in total. The van der Waals surface area contributed by atoms with E-state index in [1.165, 1.54) is 23.1 Å². The molecule has 5 aliphatic rings. The van der Waals surface area contributed by atoms with Crippen molar-refractivity contribution < 1.29 is 62.9 Å². The molecule has 0 aliphatic carbocycles. The minimum atomic E-state index is -6.89. The highest BCUT2D eigenvalue weighted by Crippen LogP contribution is 2.57. The Hall–Kier alpha value is -4.74. The van der Waals surface area contributed by atoms with Crippen LogP contribution in [0, 0.1) is 24.0 Å². The van der Waals surface area contributed by atoms with E-state index in [4.69, 9.17) is 21.1 Å². The lowest BCUT2D eigenvalue weighted by atomic mass is 9.93. The Bertz CT molecular complexity index is 2380. The normalized spacial score (nSPS) is 26.0. The lowest BCUT2D eigenvalue weighted by Crippen LogP contribution is -2.68. The number of fused-ring (bicyclic) bond motifs is 7. The standard InChI is InChI=1S/C39H33F11N6O3/c1-2-22-24(40)6-4-18-12-20(57)13-23(28(18)22)31-30(41)32-29-26(52-31)8-9-27-25-7-5-19(51-25)15-56(27)33(29)54-34(53-32)58-17-35-10-3-11-55(35)16-21(14-35)59-36(37(42,43)44,38(45,46)47)39(48,49)50/h1,4,6,12-13,19,21,25,27,51,57H,3,5,7-11,14-17H2/t19-,21-,25+,27-,35-/m1/s1. The third-order valence-corrected chi connectivity index (χ3v) is 12.6. The number of aryl methyl sites for hydroxylation is 1. The Morgan fingerprint density at radius 2 is 1.68 bits per heavy atom. The van der Waals surface area contributed by atoms with Gasteiger partial charge < -0.3 is 24.8 Å². The monoisotopic (exact) mass is 842 g/mol. The predicted octanol–water partition coefficient (Wildman–Crippen LogP) is 7.49. The number of hydrogen-bond acceptors (Lipinski definition) is 9. The molecule has 5 atom stereocenters. The zero-order chi connectivity index (χ0) is 42.0. The van der Waals surface area contributed by atoms with Crippen molar-refractivity contribution >= 4 is 27.5 Å². The molecule has 2 bridgehead atoms. The van der Waals surface area contributed by atoms with Crippen LogP contribution in [0.4, 0.5) is 54.1 Å². The average molecular weight is 843 g/mol. The van der Waals surface area contributed by atoms with E-state index >= 15 is 8.78 Å². The molecule has 5 aliphatic heterocycles. The fourth-order valence-electron chi connectivity index (χ4n) is 10.0. The van der Waals surface area contributed by atoms with E-state index in [1.807, 2.05) is 4.90 Å². The second-order valence-corrected chi connectivity index (χ2v) is 15.9. The molecule has 9 rings (SSSR count). The van der Waals surface area contributed by atoms with Crippen LogP contribution in [-0.2, 0) is 11.2 Å². The number of benzene rings is 2. The van der Waals surface area contributed by atoms with Crippen molar-refractivity contribution in [3.63, 3.8) is 0 Å². The minimum absolute atomic E-state index is 0.0291. The van der Waals surface area contributed by atoms with Crippen molar-refractivity contribution in [2.24, 2.45) is 0 Å². The van der Waals surface area contributed by atoms with Crippen LogP contribution < -0.4 is 15.0 Å². The number of aromatic hydroxyl groups is 1. The molecule has 59 heavy (non-hydrogen) atoms. The summed E-state index contributed by atoms with van der Waals surface area (Å²) in [5.41, 5.74) is -8.25. The van der Waals surface area contributed by atoms with Gasteiger partial charge in [0.2, 0.25) is 0 Å². The highest BCUT2D eigenvalue weighted by atomic mass is 19.4. The van der Waals surface area contributed by atoms with Gasteiger partial charge in [-0.15, -0.1) is 6.42 Å². The van der Waals surface area contributed by atoms with Gasteiger partial charge in [-0.2, -0.15) is 49.5 Å². The van der Waals surface area contributed by atoms with Gasteiger partial charge >= 0.3 is 30.1 Å². The summed E-state index contributed by atoms with van der Waals surface area (Å²) in [5, 5.41) is 14.9. The van der Waals surface area contributed by atoms with E-state index in [9.17, 15) is 44.6 Å². The Morgan fingerprint density at radius 3 is 2.39 bits per heavy atom. The average Bonchev–Trinajstić information content (AvgIpc) is 3.80. The highest BCUT2D eigenvalue weighted by Gasteiger charge is 2.86. The number of aromatic nitrogens is 3. The summed E-state index contributed by atoms with van der Waals surface area (Å²) in [5.74, 6) is 0.493. The van der Waals surface area contributed by atoms with Crippen molar-refractivity contribution in [1.82, 2.24) is 25.2 Å². The molecule has 0 saturated carbocycles. The van der Waals surface area contributed by atoms with Crippen molar-refractivity contribution in [2.45, 2.75) is 98.8 Å². The lowest BCUT2D eigenvalue weighted by Gasteiger charge is -2.41. The van der Waals surface area contributed by atoms with E-state index in [-0.39, 0.29) is 75.8 Å². The van der Waals surface area contributed by atoms with Gasteiger partial charge in [0.25, 0.3) is 0 Å². The number of piperazine rings is 1. The van der Waals surface area contributed by atoms with E-state index in [0.29, 0.717) is 36.9 Å². The topological polar surface area (TPSA) is 95.9 Å². The van der Waals surface area contributed by atoms with Crippen LogP contribution >= 0.6 is 0 Å². The third kappa shape index (κ3) is 6.04. The van der Waals surface area contributed by atoms with Gasteiger partial charge in [0.15, 0.2) is 5.82 Å². The SMILES string of the molecule is C#Cc1c(F)ccc2cc(O)cc(-c3nc4c5c(nc(OC[C@]67CCCN6C[C@H](OC(C(F)(F)F)(C(F)(F)F)C(F)(F)F)C7)nc5c3F)N3C[C@H]5CC[C@H](N5)[C@H]3CC4)c12. The maximum absolute atomic E-state index is 17.3. The number of hydrogen-bond donors (Lipinski definition) is 2. The molecular weight excluding hydrogens is 809 g/mol. The van der Waals surface area contributed by atoms with E-state index < -0.39 is 73.0 Å². The number of ether oxygens (including phenoxy) is 2. The Balaban J connectivity index is 1.14. The third-order valence-electron chi connectivity index (χ3n) is 12.6. The number of anilines is 1. The smallest absolute Gasteiger partial charge is 0.435 e. The van der Waals surface area contributed by atoms with Crippen molar-refractivity contribution in [3.8, 4) is 35.4 Å². The molecule has 2 aromatic heterocycles. The molecule has 0 radical (unpaired) electrons. The van der Waals surface area contributed by atoms with Crippen LogP contribution in [0.5, 0.6) is 11.8 Å². The number of pyridine rings is 1. The molecule has 0 unspecified atom stereocenters. The molecule has 2 N–H and O–H groups in total. The molecule has 0 spiro atoms. The van der Waals surface area contributed by atoms with Crippen LogP contribution in [0.25, 0.3) is 32.9 Å². The summed E-state index contributed by atoms with van der Waals surface area (Å²) in [7, 11) is 0. The minimum Gasteiger partial charge on any atom is -0.508 e. The van der Waals surface area contributed by atoms with Crippen LogP contribution in [0.3, 0.4) is 0 Å². The summed E-state index contributed by atoms with van der Waals surface area (Å²) < 4.78 is 167. The molecule has 20 heteroatoms. The maximum Gasteiger partial charge on any atom is 0.435 e. The zero-order valence-corrected chi connectivity index (χ0v) is 30.6. The van der Waals surface area contributed by atoms with Crippen LogP contribution in [0.2, 0.25) is 0 Å². The number of nitrogens with zero attached hydrogens (tertiary/aromatic N) is 5. The number of rotatable bonds is 6. The molecule has 4 aromatic rings. The first-order valence-electron chi connectivity index (χ1n) is 18.9.